The summed E-state index contributed by atoms with van der Waals surface area (Å²) in [6.45, 7) is 7.03. The van der Waals surface area contributed by atoms with E-state index in [-0.39, 0.29) is 17.4 Å². The van der Waals surface area contributed by atoms with Gasteiger partial charge in [-0.2, -0.15) is 13.2 Å². The van der Waals surface area contributed by atoms with Crippen LogP contribution in [0.4, 0.5) is 13.2 Å². The monoisotopic (exact) mass is 343 g/mol. The van der Waals surface area contributed by atoms with Crippen LogP contribution in [0.25, 0.3) is 0 Å². The minimum atomic E-state index is -4.53. The summed E-state index contributed by atoms with van der Waals surface area (Å²) in [5.41, 5.74) is -1.40. The number of amides is 2. The number of halogens is 3. The Morgan fingerprint density at radius 3 is 1.96 bits per heavy atom. The topological polar surface area (TPSA) is 53.5 Å². The maximum atomic E-state index is 12.5. The Morgan fingerprint density at radius 1 is 1.00 bits per heavy atom. The molecule has 8 heteroatoms. The van der Waals surface area contributed by atoms with Crippen LogP contribution < -0.4 is 0 Å². The summed E-state index contributed by atoms with van der Waals surface area (Å²) in [5, 5.41) is 0. The van der Waals surface area contributed by atoms with E-state index < -0.39 is 17.3 Å². The zero-order valence-corrected chi connectivity index (χ0v) is 13.9. The first-order chi connectivity index (χ1) is 11.0. The summed E-state index contributed by atoms with van der Waals surface area (Å²) in [4.78, 5) is 31.1. The molecule has 5 nitrogen and oxygen atoms in total. The van der Waals surface area contributed by atoms with E-state index in [1.54, 1.807) is 4.90 Å². The number of pyridine rings is 1. The molecule has 2 rings (SSSR count). The lowest BCUT2D eigenvalue weighted by Gasteiger charge is -2.37. The number of rotatable bonds is 1. The summed E-state index contributed by atoms with van der Waals surface area (Å²) in [6.07, 6.45) is -3.58. The summed E-state index contributed by atoms with van der Waals surface area (Å²) in [6, 6.07) is 1.93. The Kier molecular flexibility index (Phi) is 4.87. The van der Waals surface area contributed by atoms with E-state index in [4.69, 9.17) is 0 Å². The summed E-state index contributed by atoms with van der Waals surface area (Å²) in [7, 11) is 0. The van der Waals surface area contributed by atoms with Gasteiger partial charge in [-0.05, 0) is 12.1 Å². The molecule has 1 aromatic heterocycles. The molecule has 1 aromatic rings. The molecule has 132 valence electrons. The number of carbonyl (C=O) groups excluding carboxylic acids is 2. The average molecular weight is 343 g/mol. The molecule has 0 N–H and O–H groups in total. The fourth-order valence-corrected chi connectivity index (χ4v) is 2.46. The molecule has 0 aliphatic carbocycles. The second-order valence-electron chi connectivity index (χ2n) is 6.76. The third kappa shape index (κ3) is 4.04. The van der Waals surface area contributed by atoms with Crippen molar-refractivity contribution in [2.45, 2.75) is 26.9 Å². The first-order valence-corrected chi connectivity index (χ1v) is 7.62. The van der Waals surface area contributed by atoms with Crippen LogP contribution in [0.3, 0.4) is 0 Å². The molecular weight excluding hydrogens is 323 g/mol. The third-order valence-electron chi connectivity index (χ3n) is 3.80. The van der Waals surface area contributed by atoms with E-state index in [0.29, 0.717) is 26.2 Å². The quantitative estimate of drug-likeness (QED) is 0.787. The lowest BCUT2D eigenvalue weighted by molar-refractivity contribution is -0.141. The molecule has 2 amide bonds. The molecule has 1 fully saturated rings. The van der Waals surface area contributed by atoms with Crippen LogP contribution >= 0.6 is 0 Å². The molecule has 1 aliphatic rings. The molecule has 1 saturated heterocycles. The van der Waals surface area contributed by atoms with Crippen LogP contribution in [0.5, 0.6) is 0 Å². The van der Waals surface area contributed by atoms with Gasteiger partial charge in [-0.1, -0.05) is 20.8 Å². The van der Waals surface area contributed by atoms with Gasteiger partial charge in [0, 0.05) is 37.8 Å². The minimum Gasteiger partial charge on any atom is -0.339 e. The molecule has 24 heavy (non-hydrogen) atoms. The molecular formula is C16H20F3N3O2. The molecule has 2 heterocycles. The largest absolute Gasteiger partial charge is 0.433 e. The molecule has 0 atom stereocenters. The highest BCUT2D eigenvalue weighted by molar-refractivity contribution is 5.94. The zero-order chi connectivity index (χ0) is 18.1. The normalized spacial score (nSPS) is 16.2. The SMILES string of the molecule is CC(C)(C)C(=O)N1CCN(C(=O)c2ccc(C(F)(F)F)nc2)CC1. The highest BCUT2D eigenvalue weighted by Crippen LogP contribution is 2.27. The second-order valence-corrected chi connectivity index (χ2v) is 6.76. The number of alkyl halides is 3. The van der Waals surface area contributed by atoms with Gasteiger partial charge in [0.2, 0.25) is 5.91 Å². The van der Waals surface area contributed by atoms with Gasteiger partial charge in [-0.3, -0.25) is 14.6 Å². The predicted octanol–water partition coefficient (Wildman–Crippen LogP) is 2.43. The fourth-order valence-electron chi connectivity index (χ4n) is 2.46. The number of aromatic nitrogens is 1. The number of nitrogens with zero attached hydrogens (tertiary/aromatic N) is 3. The standard InChI is InChI=1S/C16H20F3N3O2/c1-15(2,3)14(24)22-8-6-21(7-9-22)13(23)11-4-5-12(20-10-11)16(17,18)19/h4-5,10H,6-9H2,1-3H3. The highest BCUT2D eigenvalue weighted by Gasteiger charge is 2.33. The maximum Gasteiger partial charge on any atom is 0.433 e. The summed E-state index contributed by atoms with van der Waals surface area (Å²) < 4.78 is 37.5. The Bertz CT molecular complexity index is 613. The number of hydrogen-bond donors (Lipinski definition) is 0. The van der Waals surface area contributed by atoms with Crippen molar-refractivity contribution in [2.24, 2.45) is 5.41 Å². The minimum absolute atomic E-state index is 0.0193. The molecule has 0 aromatic carbocycles. The van der Waals surface area contributed by atoms with Gasteiger partial charge in [-0.25, -0.2) is 0 Å². The molecule has 0 radical (unpaired) electrons. The van der Waals surface area contributed by atoms with E-state index in [1.165, 1.54) is 4.90 Å². The lowest BCUT2D eigenvalue weighted by atomic mass is 9.94. The summed E-state index contributed by atoms with van der Waals surface area (Å²) >= 11 is 0. The van der Waals surface area contributed by atoms with Crippen LogP contribution in [0.1, 0.15) is 36.8 Å². The van der Waals surface area contributed by atoms with Gasteiger partial charge in [0.05, 0.1) is 5.56 Å². The van der Waals surface area contributed by atoms with Gasteiger partial charge in [0.15, 0.2) is 0 Å². The van der Waals surface area contributed by atoms with Gasteiger partial charge in [0.25, 0.3) is 5.91 Å². The van der Waals surface area contributed by atoms with Gasteiger partial charge in [0.1, 0.15) is 5.69 Å². The van der Waals surface area contributed by atoms with Crippen molar-refractivity contribution in [3.63, 3.8) is 0 Å². The van der Waals surface area contributed by atoms with Crippen LogP contribution in [0.15, 0.2) is 18.3 Å². The zero-order valence-electron chi connectivity index (χ0n) is 13.9. The lowest BCUT2D eigenvalue weighted by Crippen LogP contribution is -2.53. The second kappa shape index (κ2) is 6.41. The summed E-state index contributed by atoms with van der Waals surface area (Å²) in [5.74, 6) is -0.357. The number of hydrogen-bond acceptors (Lipinski definition) is 3. The maximum absolute atomic E-state index is 12.5. The van der Waals surface area contributed by atoms with E-state index in [2.05, 4.69) is 4.98 Å². The van der Waals surface area contributed by atoms with Gasteiger partial charge in [-0.15, -0.1) is 0 Å². The van der Waals surface area contributed by atoms with Gasteiger partial charge < -0.3 is 9.80 Å². The third-order valence-corrected chi connectivity index (χ3v) is 3.80. The van der Waals surface area contributed by atoms with Crippen molar-refractivity contribution < 1.29 is 22.8 Å². The smallest absolute Gasteiger partial charge is 0.339 e. The van der Waals surface area contributed by atoms with E-state index >= 15 is 0 Å². The molecule has 0 bridgehead atoms. The molecule has 0 unspecified atom stereocenters. The van der Waals surface area contributed by atoms with Crippen molar-refractivity contribution in [3.05, 3.63) is 29.6 Å². The fraction of sp³-hybridized carbons (Fsp3) is 0.562. The van der Waals surface area contributed by atoms with Crippen molar-refractivity contribution in [3.8, 4) is 0 Å². The van der Waals surface area contributed by atoms with Crippen molar-refractivity contribution >= 4 is 11.8 Å². The van der Waals surface area contributed by atoms with Crippen molar-refractivity contribution in [1.29, 1.82) is 0 Å². The van der Waals surface area contributed by atoms with E-state index in [0.717, 1.165) is 18.3 Å². The van der Waals surface area contributed by atoms with Crippen LogP contribution in [0.2, 0.25) is 0 Å². The first-order valence-electron chi connectivity index (χ1n) is 7.62. The van der Waals surface area contributed by atoms with Crippen LogP contribution in [0, 0.1) is 5.41 Å². The molecule has 0 saturated carbocycles. The van der Waals surface area contributed by atoms with Gasteiger partial charge >= 0.3 is 6.18 Å². The number of carbonyl (C=O) groups is 2. The predicted molar refractivity (Wildman–Crippen MR) is 81.2 cm³/mol. The van der Waals surface area contributed by atoms with Crippen LogP contribution in [-0.2, 0) is 11.0 Å². The van der Waals surface area contributed by atoms with Crippen molar-refractivity contribution in [1.82, 2.24) is 14.8 Å². The first kappa shape index (κ1) is 18.2. The molecule has 1 aliphatic heterocycles. The van der Waals surface area contributed by atoms with Crippen LogP contribution in [-0.4, -0.2) is 52.8 Å². The Hall–Kier alpha value is -2.12. The van der Waals surface area contributed by atoms with E-state index in [1.807, 2.05) is 20.8 Å². The van der Waals surface area contributed by atoms with E-state index in [9.17, 15) is 22.8 Å². The Morgan fingerprint density at radius 2 is 1.54 bits per heavy atom. The number of piperazine rings is 1. The molecule has 0 spiro atoms. The highest BCUT2D eigenvalue weighted by atomic mass is 19.4. The Balaban J connectivity index is 1.99. The van der Waals surface area contributed by atoms with Crippen molar-refractivity contribution in [2.75, 3.05) is 26.2 Å². The average Bonchev–Trinajstić information content (AvgIpc) is 2.52. The Labute approximate surface area is 138 Å².